The van der Waals surface area contributed by atoms with Gasteiger partial charge in [0.15, 0.2) is 0 Å². The Morgan fingerprint density at radius 2 is 2.06 bits per heavy atom. The van der Waals surface area contributed by atoms with Crippen LogP contribution < -0.4 is 5.32 Å². The van der Waals surface area contributed by atoms with Crippen molar-refractivity contribution >= 4 is 34.8 Å². The van der Waals surface area contributed by atoms with E-state index in [4.69, 9.17) is 23.2 Å². The van der Waals surface area contributed by atoms with Gasteiger partial charge in [0, 0.05) is 23.0 Å². The second-order valence-electron chi connectivity index (χ2n) is 3.35. The molecule has 0 bridgehead atoms. The topological polar surface area (TPSA) is 29.1 Å². The maximum atomic E-state index is 12.9. The fourth-order valence-corrected chi connectivity index (χ4v) is 1.64. The molecule has 1 N–H and O–H groups in total. The lowest BCUT2D eigenvalue weighted by atomic mass is 10.2. The van der Waals surface area contributed by atoms with Crippen LogP contribution in [0.4, 0.5) is 10.1 Å². The van der Waals surface area contributed by atoms with Crippen LogP contribution in [0.3, 0.4) is 0 Å². The zero-order valence-corrected chi connectivity index (χ0v) is 10.1. The van der Waals surface area contributed by atoms with E-state index in [1.165, 1.54) is 18.2 Å². The third-order valence-electron chi connectivity index (χ3n) is 1.93. The lowest BCUT2D eigenvalue weighted by Gasteiger charge is -2.05. The molecule has 0 aliphatic heterocycles. The molecule has 2 nitrogen and oxygen atoms in total. The van der Waals surface area contributed by atoms with Crippen LogP contribution in [-0.2, 0) is 4.79 Å². The van der Waals surface area contributed by atoms with Gasteiger partial charge in [0.05, 0.1) is 0 Å². The molecule has 1 aromatic rings. The Bertz CT molecular complexity index is 351. The van der Waals surface area contributed by atoms with E-state index in [1.807, 2.05) is 0 Å². The summed E-state index contributed by atoms with van der Waals surface area (Å²) in [5, 5.41) is 2.84. The normalized spacial score (nSPS) is 10.2. The molecule has 0 saturated carbocycles. The first-order chi connectivity index (χ1) is 7.61. The quantitative estimate of drug-likeness (QED) is 0.635. The predicted octanol–water partition coefficient (Wildman–Crippen LogP) is 3.83. The Kier molecular flexibility index (Phi) is 5.56. The molecule has 0 atom stereocenters. The number of halogens is 3. The zero-order chi connectivity index (χ0) is 12.0. The van der Waals surface area contributed by atoms with E-state index < -0.39 is 5.82 Å². The van der Waals surface area contributed by atoms with Crippen molar-refractivity contribution in [3.8, 4) is 0 Å². The molecule has 1 aromatic carbocycles. The van der Waals surface area contributed by atoms with Crippen LogP contribution in [0.2, 0.25) is 5.02 Å². The first-order valence-corrected chi connectivity index (χ1v) is 5.85. The summed E-state index contributed by atoms with van der Waals surface area (Å²) in [7, 11) is 0. The average molecular weight is 264 g/mol. The molecule has 0 heterocycles. The second kappa shape index (κ2) is 6.71. The number of alkyl halides is 1. The molecular weight excluding hydrogens is 252 g/mol. The monoisotopic (exact) mass is 263 g/mol. The maximum absolute atomic E-state index is 12.9. The summed E-state index contributed by atoms with van der Waals surface area (Å²) >= 11 is 11.1. The third kappa shape index (κ3) is 4.81. The first kappa shape index (κ1) is 13.3. The highest BCUT2D eigenvalue weighted by molar-refractivity contribution is 6.30. The molecule has 1 amide bonds. The molecule has 0 saturated heterocycles. The highest BCUT2D eigenvalue weighted by Gasteiger charge is 2.04. The van der Waals surface area contributed by atoms with Crippen molar-refractivity contribution in [2.24, 2.45) is 0 Å². The van der Waals surface area contributed by atoms with Gasteiger partial charge in [-0.1, -0.05) is 11.6 Å². The lowest BCUT2D eigenvalue weighted by molar-refractivity contribution is -0.116. The summed E-state index contributed by atoms with van der Waals surface area (Å²) < 4.78 is 12.9. The third-order valence-corrected chi connectivity index (χ3v) is 2.42. The van der Waals surface area contributed by atoms with Gasteiger partial charge in [-0.25, -0.2) is 4.39 Å². The number of anilines is 1. The van der Waals surface area contributed by atoms with Gasteiger partial charge in [0.2, 0.25) is 5.91 Å². The van der Waals surface area contributed by atoms with E-state index in [1.54, 1.807) is 0 Å². The Balaban J connectivity index is 2.49. The number of rotatable bonds is 5. The van der Waals surface area contributed by atoms with Gasteiger partial charge >= 0.3 is 0 Å². The predicted molar refractivity (Wildman–Crippen MR) is 64.6 cm³/mol. The van der Waals surface area contributed by atoms with Crippen LogP contribution in [0.15, 0.2) is 18.2 Å². The van der Waals surface area contributed by atoms with Gasteiger partial charge in [-0.3, -0.25) is 4.79 Å². The van der Waals surface area contributed by atoms with Gasteiger partial charge < -0.3 is 5.32 Å². The molecule has 16 heavy (non-hydrogen) atoms. The molecule has 88 valence electrons. The summed E-state index contributed by atoms with van der Waals surface area (Å²) in [5.41, 5.74) is 0.376. The molecule has 0 spiro atoms. The van der Waals surface area contributed by atoms with Gasteiger partial charge in [-0.2, -0.15) is 0 Å². The highest BCUT2D eigenvalue weighted by atomic mass is 35.5. The Morgan fingerprint density at radius 3 is 2.69 bits per heavy atom. The Morgan fingerprint density at radius 1 is 1.31 bits per heavy atom. The van der Waals surface area contributed by atoms with Crippen LogP contribution >= 0.6 is 23.2 Å². The molecule has 0 fully saturated rings. The van der Waals surface area contributed by atoms with Crippen molar-refractivity contribution < 1.29 is 9.18 Å². The summed E-state index contributed by atoms with van der Waals surface area (Å²) in [6.45, 7) is 0. The smallest absolute Gasteiger partial charge is 0.224 e. The molecule has 0 aromatic heterocycles. The number of hydrogen-bond acceptors (Lipinski definition) is 1. The Hall–Kier alpha value is -0.800. The summed E-state index contributed by atoms with van der Waals surface area (Å²) in [5.74, 6) is -0.0886. The number of carbonyl (C=O) groups is 1. The van der Waals surface area contributed by atoms with Gasteiger partial charge in [0.25, 0.3) is 0 Å². The SMILES string of the molecule is O=C(CCCCCl)Nc1cc(F)cc(Cl)c1. The number of nitrogens with one attached hydrogen (secondary N) is 1. The van der Waals surface area contributed by atoms with Crippen molar-refractivity contribution in [1.29, 1.82) is 0 Å². The van der Waals surface area contributed by atoms with Crippen LogP contribution in [-0.4, -0.2) is 11.8 Å². The number of hydrogen-bond donors (Lipinski definition) is 1. The summed E-state index contributed by atoms with van der Waals surface area (Å²) in [6.07, 6.45) is 1.89. The molecule has 1 rings (SSSR count). The van der Waals surface area contributed by atoms with Gasteiger partial charge in [-0.15, -0.1) is 11.6 Å². The van der Waals surface area contributed by atoms with Crippen LogP contribution in [0.1, 0.15) is 19.3 Å². The summed E-state index contributed by atoms with van der Waals surface area (Å²) in [4.78, 5) is 11.4. The van der Waals surface area contributed by atoms with E-state index in [-0.39, 0.29) is 10.9 Å². The summed E-state index contributed by atoms with van der Waals surface area (Å²) in [6, 6.07) is 3.92. The van der Waals surface area contributed by atoms with E-state index in [2.05, 4.69) is 5.32 Å². The van der Waals surface area contributed by atoms with E-state index in [0.717, 1.165) is 12.8 Å². The fourth-order valence-electron chi connectivity index (χ4n) is 1.23. The van der Waals surface area contributed by atoms with E-state index in [9.17, 15) is 9.18 Å². The number of unbranched alkanes of at least 4 members (excludes halogenated alkanes) is 1. The second-order valence-corrected chi connectivity index (χ2v) is 4.17. The maximum Gasteiger partial charge on any atom is 0.224 e. The van der Waals surface area contributed by atoms with Crippen LogP contribution in [0.25, 0.3) is 0 Å². The van der Waals surface area contributed by atoms with Crippen molar-refractivity contribution in [3.63, 3.8) is 0 Å². The number of carbonyl (C=O) groups excluding carboxylic acids is 1. The number of amides is 1. The standard InChI is InChI=1S/C11H12Cl2FNO/c12-4-2-1-3-11(16)15-10-6-8(13)5-9(14)7-10/h5-7H,1-4H2,(H,15,16). The number of benzene rings is 1. The first-order valence-electron chi connectivity index (χ1n) is 4.93. The molecule has 5 heteroatoms. The molecule has 0 unspecified atom stereocenters. The fraction of sp³-hybridized carbons (Fsp3) is 0.364. The van der Waals surface area contributed by atoms with Crippen molar-refractivity contribution in [1.82, 2.24) is 0 Å². The Labute approximate surface area is 104 Å². The minimum atomic E-state index is -0.469. The zero-order valence-electron chi connectivity index (χ0n) is 8.60. The minimum Gasteiger partial charge on any atom is -0.326 e. The molecule has 0 aliphatic carbocycles. The van der Waals surface area contributed by atoms with E-state index >= 15 is 0 Å². The van der Waals surface area contributed by atoms with Crippen LogP contribution in [0, 0.1) is 5.82 Å². The van der Waals surface area contributed by atoms with E-state index in [0.29, 0.717) is 18.0 Å². The van der Waals surface area contributed by atoms with Gasteiger partial charge in [-0.05, 0) is 31.0 Å². The molecule has 0 radical (unpaired) electrons. The van der Waals surface area contributed by atoms with Crippen molar-refractivity contribution in [3.05, 3.63) is 29.0 Å². The van der Waals surface area contributed by atoms with Crippen molar-refractivity contribution in [2.45, 2.75) is 19.3 Å². The lowest BCUT2D eigenvalue weighted by Crippen LogP contribution is -2.11. The molecular formula is C11H12Cl2FNO. The van der Waals surface area contributed by atoms with Gasteiger partial charge in [0.1, 0.15) is 5.82 Å². The molecule has 0 aliphatic rings. The average Bonchev–Trinajstić information content (AvgIpc) is 2.16. The minimum absolute atomic E-state index is 0.160. The largest absolute Gasteiger partial charge is 0.326 e. The van der Waals surface area contributed by atoms with Crippen molar-refractivity contribution in [2.75, 3.05) is 11.2 Å². The van der Waals surface area contributed by atoms with Crippen LogP contribution in [0.5, 0.6) is 0 Å². The highest BCUT2D eigenvalue weighted by Crippen LogP contribution is 2.18.